The SMILES string of the molecule is COCCN1C(=O)/C(=C/c2ccc(C)n2-c2ccccc2)SC1=Nc1ccc(OC)cc1. The lowest BCUT2D eigenvalue weighted by Gasteiger charge is -2.14. The molecule has 0 radical (unpaired) electrons. The molecule has 0 atom stereocenters. The van der Waals surface area contributed by atoms with E-state index in [4.69, 9.17) is 14.5 Å². The van der Waals surface area contributed by atoms with E-state index >= 15 is 0 Å². The molecule has 1 saturated heterocycles. The number of amides is 1. The van der Waals surface area contributed by atoms with Gasteiger partial charge in [0.25, 0.3) is 5.91 Å². The third kappa shape index (κ3) is 4.64. The maximum Gasteiger partial charge on any atom is 0.266 e. The summed E-state index contributed by atoms with van der Waals surface area (Å²) in [6, 6.07) is 21.7. The average Bonchev–Trinajstić information content (AvgIpc) is 3.32. The summed E-state index contributed by atoms with van der Waals surface area (Å²) in [5.74, 6) is 0.691. The number of aliphatic imine (C=N–C) groups is 1. The number of hydrogen-bond donors (Lipinski definition) is 0. The van der Waals surface area contributed by atoms with Gasteiger partial charge in [-0.2, -0.15) is 0 Å². The van der Waals surface area contributed by atoms with Crippen molar-refractivity contribution in [1.29, 1.82) is 0 Å². The summed E-state index contributed by atoms with van der Waals surface area (Å²) < 4.78 is 12.6. The molecule has 164 valence electrons. The van der Waals surface area contributed by atoms with Gasteiger partial charge in [-0.25, -0.2) is 4.99 Å². The molecule has 1 aliphatic heterocycles. The summed E-state index contributed by atoms with van der Waals surface area (Å²) in [7, 11) is 3.25. The number of carbonyl (C=O) groups is 1. The Morgan fingerprint density at radius 1 is 1.00 bits per heavy atom. The zero-order valence-corrected chi connectivity index (χ0v) is 19.1. The summed E-state index contributed by atoms with van der Waals surface area (Å²) in [5, 5.41) is 0.637. The van der Waals surface area contributed by atoms with E-state index in [9.17, 15) is 4.79 Å². The molecular weight excluding hydrogens is 422 g/mol. The lowest BCUT2D eigenvalue weighted by Crippen LogP contribution is -2.32. The Labute approximate surface area is 192 Å². The summed E-state index contributed by atoms with van der Waals surface area (Å²) in [5.41, 5.74) is 3.86. The van der Waals surface area contributed by atoms with Crippen molar-refractivity contribution < 1.29 is 14.3 Å². The van der Waals surface area contributed by atoms with Gasteiger partial charge >= 0.3 is 0 Å². The maximum absolute atomic E-state index is 13.2. The van der Waals surface area contributed by atoms with Gasteiger partial charge in [0.1, 0.15) is 5.75 Å². The Hall–Kier alpha value is -3.29. The Morgan fingerprint density at radius 3 is 2.44 bits per heavy atom. The van der Waals surface area contributed by atoms with Gasteiger partial charge in [0.15, 0.2) is 5.17 Å². The number of hydrogen-bond acceptors (Lipinski definition) is 5. The molecule has 32 heavy (non-hydrogen) atoms. The zero-order chi connectivity index (χ0) is 22.5. The van der Waals surface area contributed by atoms with Gasteiger partial charge in [0, 0.05) is 24.2 Å². The molecule has 4 rings (SSSR count). The molecule has 0 N–H and O–H groups in total. The van der Waals surface area contributed by atoms with E-state index in [0.717, 1.165) is 28.5 Å². The van der Waals surface area contributed by atoms with Gasteiger partial charge in [0.2, 0.25) is 0 Å². The minimum Gasteiger partial charge on any atom is -0.497 e. The highest BCUT2D eigenvalue weighted by atomic mass is 32.2. The highest BCUT2D eigenvalue weighted by molar-refractivity contribution is 8.18. The molecule has 1 aliphatic rings. The molecule has 2 aromatic carbocycles. The van der Waals surface area contributed by atoms with Crippen molar-refractivity contribution in [2.75, 3.05) is 27.4 Å². The van der Waals surface area contributed by atoms with Crippen LogP contribution in [0.1, 0.15) is 11.4 Å². The van der Waals surface area contributed by atoms with E-state index in [2.05, 4.69) is 29.7 Å². The monoisotopic (exact) mass is 447 g/mol. The number of carbonyl (C=O) groups excluding carboxylic acids is 1. The highest BCUT2D eigenvalue weighted by Gasteiger charge is 2.33. The minimum atomic E-state index is -0.0715. The highest BCUT2D eigenvalue weighted by Crippen LogP contribution is 2.35. The van der Waals surface area contributed by atoms with Gasteiger partial charge in [-0.15, -0.1) is 0 Å². The fraction of sp³-hybridized carbons (Fsp3) is 0.200. The van der Waals surface area contributed by atoms with Crippen LogP contribution in [0.15, 0.2) is 76.6 Å². The van der Waals surface area contributed by atoms with Gasteiger partial charge in [-0.05, 0) is 73.3 Å². The molecule has 1 fully saturated rings. The number of aromatic nitrogens is 1. The number of rotatable bonds is 7. The van der Waals surface area contributed by atoms with E-state index < -0.39 is 0 Å². The number of methoxy groups -OCH3 is 2. The Bertz CT molecular complexity index is 1150. The first-order valence-corrected chi connectivity index (χ1v) is 11.1. The second-order valence-electron chi connectivity index (χ2n) is 7.22. The van der Waals surface area contributed by atoms with Crippen LogP contribution in [0.3, 0.4) is 0 Å². The van der Waals surface area contributed by atoms with Crippen molar-refractivity contribution in [2.45, 2.75) is 6.92 Å². The van der Waals surface area contributed by atoms with Crippen LogP contribution in [0.5, 0.6) is 5.75 Å². The Morgan fingerprint density at radius 2 is 1.75 bits per heavy atom. The Balaban J connectivity index is 1.69. The van der Waals surface area contributed by atoms with Gasteiger partial charge in [-0.1, -0.05) is 18.2 Å². The molecule has 0 bridgehead atoms. The molecule has 0 unspecified atom stereocenters. The number of amidine groups is 1. The summed E-state index contributed by atoms with van der Waals surface area (Å²) in [4.78, 5) is 20.3. The van der Waals surface area contributed by atoms with Crippen molar-refractivity contribution >= 4 is 34.6 Å². The molecular formula is C25H25N3O3S. The van der Waals surface area contributed by atoms with Gasteiger partial charge < -0.3 is 14.0 Å². The minimum absolute atomic E-state index is 0.0715. The average molecular weight is 448 g/mol. The number of ether oxygens (including phenoxy) is 2. The second-order valence-corrected chi connectivity index (χ2v) is 8.23. The normalized spacial score (nSPS) is 16.3. The molecule has 1 amide bonds. The first-order chi connectivity index (χ1) is 15.6. The predicted molar refractivity (Wildman–Crippen MR) is 130 cm³/mol. The smallest absolute Gasteiger partial charge is 0.266 e. The fourth-order valence-electron chi connectivity index (χ4n) is 3.47. The number of nitrogens with zero attached hydrogens (tertiary/aromatic N) is 3. The molecule has 7 heteroatoms. The molecule has 2 heterocycles. The van der Waals surface area contributed by atoms with Crippen molar-refractivity contribution in [1.82, 2.24) is 9.47 Å². The van der Waals surface area contributed by atoms with Crippen molar-refractivity contribution in [3.05, 3.63) is 83.0 Å². The van der Waals surface area contributed by atoms with Crippen LogP contribution in [0, 0.1) is 6.92 Å². The van der Waals surface area contributed by atoms with Crippen LogP contribution in [-0.4, -0.2) is 47.9 Å². The van der Waals surface area contributed by atoms with E-state index in [1.54, 1.807) is 19.1 Å². The first-order valence-electron chi connectivity index (χ1n) is 10.3. The largest absolute Gasteiger partial charge is 0.497 e. The van der Waals surface area contributed by atoms with E-state index in [1.807, 2.05) is 54.6 Å². The molecule has 3 aromatic rings. The predicted octanol–water partition coefficient (Wildman–Crippen LogP) is 5.04. The molecule has 0 aliphatic carbocycles. The Kier molecular flexibility index (Phi) is 6.78. The number of thioether (sulfide) groups is 1. The van der Waals surface area contributed by atoms with Crippen LogP contribution in [-0.2, 0) is 9.53 Å². The van der Waals surface area contributed by atoms with Crippen LogP contribution in [0.2, 0.25) is 0 Å². The second kappa shape index (κ2) is 9.89. The molecule has 0 spiro atoms. The van der Waals surface area contributed by atoms with E-state index in [1.165, 1.54) is 11.8 Å². The molecule has 1 aromatic heterocycles. The number of benzene rings is 2. The topological polar surface area (TPSA) is 56.1 Å². The zero-order valence-electron chi connectivity index (χ0n) is 18.3. The summed E-state index contributed by atoms with van der Waals surface area (Å²) in [6.07, 6.45) is 1.93. The quantitative estimate of drug-likeness (QED) is 0.476. The van der Waals surface area contributed by atoms with E-state index in [-0.39, 0.29) is 5.91 Å². The third-order valence-corrected chi connectivity index (χ3v) is 6.11. The molecule has 6 nitrogen and oxygen atoms in total. The van der Waals surface area contributed by atoms with Crippen LogP contribution in [0.25, 0.3) is 11.8 Å². The lowest BCUT2D eigenvalue weighted by atomic mass is 10.3. The van der Waals surface area contributed by atoms with Crippen LogP contribution in [0.4, 0.5) is 5.69 Å². The van der Waals surface area contributed by atoms with Crippen molar-refractivity contribution in [2.24, 2.45) is 4.99 Å². The van der Waals surface area contributed by atoms with Gasteiger partial charge in [0.05, 0.1) is 30.9 Å². The lowest BCUT2D eigenvalue weighted by molar-refractivity contribution is -0.122. The summed E-state index contributed by atoms with van der Waals surface area (Å²) >= 11 is 1.38. The van der Waals surface area contributed by atoms with Crippen LogP contribution < -0.4 is 4.74 Å². The van der Waals surface area contributed by atoms with E-state index in [0.29, 0.717) is 23.2 Å². The number of aryl methyl sites for hydroxylation is 1. The third-order valence-electron chi connectivity index (χ3n) is 5.10. The first kappa shape index (κ1) is 21.9. The van der Waals surface area contributed by atoms with Crippen LogP contribution >= 0.6 is 11.8 Å². The maximum atomic E-state index is 13.2. The van der Waals surface area contributed by atoms with Crippen molar-refractivity contribution in [3.63, 3.8) is 0 Å². The standard InChI is InChI=1S/C25H25N3O3S/c1-18-9-12-21(28(18)20-7-5-4-6-8-20)17-23-24(29)27(15-16-30-2)25(32-23)26-19-10-13-22(31-3)14-11-19/h4-14,17H,15-16H2,1-3H3/b23-17-,26-25?. The summed E-state index contributed by atoms with van der Waals surface area (Å²) in [6.45, 7) is 2.92. The van der Waals surface area contributed by atoms with Gasteiger partial charge in [-0.3, -0.25) is 9.69 Å². The molecule has 0 saturated carbocycles. The number of para-hydroxylation sites is 1. The van der Waals surface area contributed by atoms with Crippen molar-refractivity contribution in [3.8, 4) is 11.4 Å². The fourth-order valence-corrected chi connectivity index (χ4v) is 4.48.